The summed E-state index contributed by atoms with van der Waals surface area (Å²) in [6.07, 6.45) is 2.48. The quantitative estimate of drug-likeness (QED) is 0.908. The maximum atomic E-state index is 12.6. The van der Waals surface area contributed by atoms with Gasteiger partial charge in [-0.1, -0.05) is 6.07 Å². The second kappa shape index (κ2) is 5.86. The zero-order valence-corrected chi connectivity index (χ0v) is 12.9. The van der Waals surface area contributed by atoms with E-state index in [2.05, 4.69) is 9.97 Å². The number of aromatic nitrogens is 2. The third kappa shape index (κ3) is 3.14. The molecule has 2 rings (SSSR count). The Labute approximate surface area is 122 Å². The molecule has 0 fully saturated rings. The van der Waals surface area contributed by atoms with Crippen LogP contribution in [0.15, 0.2) is 34.8 Å². The standard InChI is InChI=1S/C12H16N4O2S2/c1-9(2)16(8-10-4-3-5-19-10)20(17,18)11-6-14-12(13)15-7-11/h3-7,9H,8H2,1-2H3,(H2,13,14,15). The minimum atomic E-state index is -3.63. The van der Waals surface area contributed by atoms with E-state index in [-0.39, 0.29) is 16.9 Å². The van der Waals surface area contributed by atoms with Crippen LogP contribution in [-0.4, -0.2) is 28.7 Å². The van der Waals surface area contributed by atoms with Gasteiger partial charge >= 0.3 is 0 Å². The molecule has 2 N–H and O–H groups in total. The van der Waals surface area contributed by atoms with Crippen LogP contribution in [0.1, 0.15) is 18.7 Å². The molecule has 0 aliphatic heterocycles. The highest BCUT2D eigenvalue weighted by Gasteiger charge is 2.28. The maximum absolute atomic E-state index is 12.6. The van der Waals surface area contributed by atoms with Crippen LogP contribution >= 0.6 is 11.3 Å². The summed E-state index contributed by atoms with van der Waals surface area (Å²) in [6.45, 7) is 4.01. The minimum Gasteiger partial charge on any atom is -0.368 e. The van der Waals surface area contributed by atoms with Gasteiger partial charge < -0.3 is 5.73 Å². The van der Waals surface area contributed by atoms with Crippen molar-refractivity contribution in [3.8, 4) is 0 Å². The monoisotopic (exact) mass is 312 g/mol. The van der Waals surface area contributed by atoms with Gasteiger partial charge in [-0.05, 0) is 25.3 Å². The molecule has 0 unspecified atom stereocenters. The van der Waals surface area contributed by atoms with Gasteiger partial charge in [0, 0.05) is 17.5 Å². The first kappa shape index (κ1) is 14.9. The number of hydrogen-bond acceptors (Lipinski definition) is 6. The molecule has 0 atom stereocenters. The summed E-state index contributed by atoms with van der Waals surface area (Å²) >= 11 is 1.53. The van der Waals surface area contributed by atoms with E-state index in [1.807, 2.05) is 31.4 Å². The Morgan fingerprint density at radius 3 is 2.50 bits per heavy atom. The van der Waals surface area contributed by atoms with E-state index in [0.29, 0.717) is 6.54 Å². The van der Waals surface area contributed by atoms with Crippen LogP contribution in [0.4, 0.5) is 5.95 Å². The SMILES string of the molecule is CC(C)N(Cc1cccs1)S(=O)(=O)c1cnc(N)nc1. The van der Waals surface area contributed by atoms with Crippen molar-refractivity contribution in [2.45, 2.75) is 31.3 Å². The van der Waals surface area contributed by atoms with Crippen LogP contribution in [0.2, 0.25) is 0 Å². The van der Waals surface area contributed by atoms with E-state index in [1.165, 1.54) is 28.0 Å². The number of sulfonamides is 1. The average Bonchev–Trinajstić information content (AvgIpc) is 2.89. The lowest BCUT2D eigenvalue weighted by Crippen LogP contribution is -2.36. The normalized spacial score (nSPS) is 12.2. The van der Waals surface area contributed by atoms with Crippen LogP contribution in [-0.2, 0) is 16.6 Å². The van der Waals surface area contributed by atoms with Crippen molar-refractivity contribution in [3.63, 3.8) is 0 Å². The van der Waals surface area contributed by atoms with Crippen molar-refractivity contribution in [1.82, 2.24) is 14.3 Å². The van der Waals surface area contributed by atoms with Gasteiger partial charge in [-0.3, -0.25) is 0 Å². The molecule has 2 aromatic heterocycles. The molecular formula is C12H16N4O2S2. The zero-order valence-electron chi connectivity index (χ0n) is 11.2. The van der Waals surface area contributed by atoms with Gasteiger partial charge in [0.05, 0.1) is 12.4 Å². The Morgan fingerprint density at radius 1 is 1.35 bits per heavy atom. The minimum absolute atomic E-state index is 0.0527. The lowest BCUT2D eigenvalue weighted by atomic mass is 10.4. The predicted molar refractivity (Wildman–Crippen MR) is 78.6 cm³/mol. The number of nitrogen functional groups attached to an aromatic ring is 1. The smallest absolute Gasteiger partial charge is 0.246 e. The molecule has 2 heterocycles. The number of hydrogen-bond donors (Lipinski definition) is 1. The van der Waals surface area contributed by atoms with Crippen LogP contribution in [0.25, 0.3) is 0 Å². The van der Waals surface area contributed by atoms with E-state index in [1.54, 1.807) is 0 Å². The van der Waals surface area contributed by atoms with Gasteiger partial charge in [-0.15, -0.1) is 11.3 Å². The van der Waals surface area contributed by atoms with Crippen molar-refractivity contribution in [1.29, 1.82) is 0 Å². The van der Waals surface area contributed by atoms with Gasteiger partial charge in [-0.25, -0.2) is 18.4 Å². The topological polar surface area (TPSA) is 89.2 Å². The first-order valence-corrected chi connectivity index (χ1v) is 8.35. The molecule has 8 heteroatoms. The van der Waals surface area contributed by atoms with Gasteiger partial charge in [0.2, 0.25) is 16.0 Å². The average molecular weight is 312 g/mol. The molecule has 108 valence electrons. The van der Waals surface area contributed by atoms with E-state index in [0.717, 1.165) is 4.88 Å². The molecule has 6 nitrogen and oxygen atoms in total. The molecule has 0 radical (unpaired) electrons. The highest BCUT2D eigenvalue weighted by Crippen LogP contribution is 2.22. The fourth-order valence-corrected chi connectivity index (χ4v) is 3.99. The highest BCUT2D eigenvalue weighted by molar-refractivity contribution is 7.89. The molecule has 0 aliphatic carbocycles. The molecule has 0 saturated heterocycles. The summed E-state index contributed by atoms with van der Waals surface area (Å²) in [5.74, 6) is 0.0540. The number of thiophene rings is 1. The van der Waals surface area contributed by atoms with Crippen LogP contribution in [0, 0.1) is 0 Å². The van der Waals surface area contributed by atoms with Crippen molar-refractivity contribution < 1.29 is 8.42 Å². The van der Waals surface area contributed by atoms with E-state index in [9.17, 15) is 8.42 Å². The summed E-state index contributed by atoms with van der Waals surface area (Å²) in [6, 6.07) is 3.65. The van der Waals surface area contributed by atoms with Gasteiger partial charge in [0.25, 0.3) is 0 Å². The molecule has 0 aromatic carbocycles. The maximum Gasteiger partial charge on any atom is 0.246 e. The summed E-state index contributed by atoms with van der Waals surface area (Å²) in [7, 11) is -3.63. The molecule has 2 aromatic rings. The number of nitrogens with zero attached hydrogens (tertiary/aromatic N) is 3. The van der Waals surface area contributed by atoms with Gasteiger partial charge in [-0.2, -0.15) is 4.31 Å². The molecule has 0 bridgehead atoms. The summed E-state index contributed by atoms with van der Waals surface area (Å²) in [4.78, 5) is 8.53. The summed E-state index contributed by atoms with van der Waals surface area (Å²) in [5.41, 5.74) is 5.39. The van der Waals surface area contributed by atoms with E-state index in [4.69, 9.17) is 5.73 Å². The lowest BCUT2D eigenvalue weighted by molar-refractivity contribution is 0.350. The molecule has 20 heavy (non-hydrogen) atoms. The Kier molecular flexibility index (Phi) is 4.36. The largest absolute Gasteiger partial charge is 0.368 e. The second-order valence-corrected chi connectivity index (χ2v) is 7.42. The van der Waals surface area contributed by atoms with Gasteiger partial charge in [0.15, 0.2) is 0 Å². The van der Waals surface area contributed by atoms with E-state index < -0.39 is 10.0 Å². The highest BCUT2D eigenvalue weighted by atomic mass is 32.2. The summed E-state index contributed by atoms with van der Waals surface area (Å²) in [5, 5.41) is 1.92. The van der Waals surface area contributed by atoms with Crippen molar-refractivity contribution >= 4 is 27.3 Å². The first-order chi connectivity index (χ1) is 9.41. The Hall–Kier alpha value is -1.51. The van der Waals surface area contributed by atoms with Crippen molar-refractivity contribution in [2.75, 3.05) is 5.73 Å². The zero-order chi connectivity index (χ0) is 14.8. The number of nitrogens with two attached hydrogens (primary N) is 1. The molecular weight excluding hydrogens is 296 g/mol. The first-order valence-electron chi connectivity index (χ1n) is 6.03. The van der Waals surface area contributed by atoms with Crippen LogP contribution in [0.3, 0.4) is 0 Å². The third-order valence-corrected chi connectivity index (χ3v) is 5.56. The molecule has 0 amide bonds. The Morgan fingerprint density at radius 2 is 2.00 bits per heavy atom. The van der Waals surface area contributed by atoms with Crippen molar-refractivity contribution in [2.24, 2.45) is 0 Å². The fraction of sp³-hybridized carbons (Fsp3) is 0.333. The lowest BCUT2D eigenvalue weighted by Gasteiger charge is -2.25. The second-order valence-electron chi connectivity index (χ2n) is 4.50. The molecule has 0 saturated carbocycles. The van der Waals surface area contributed by atoms with Crippen LogP contribution in [0.5, 0.6) is 0 Å². The van der Waals surface area contributed by atoms with E-state index >= 15 is 0 Å². The number of rotatable bonds is 5. The fourth-order valence-electron chi connectivity index (χ4n) is 1.70. The van der Waals surface area contributed by atoms with Crippen LogP contribution < -0.4 is 5.73 Å². The third-order valence-electron chi connectivity index (χ3n) is 2.72. The summed E-state index contributed by atoms with van der Waals surface area (Å²) < 4.78 is 26.7. The molecule has 0 spiro atoms. The molecule has 0 aliphatic rings. The van der Waals surface area contributed by atoms with Gasteiger partial charge in [0.1, 0.15) is 4.90 Å². The predicted octanol–water partition coefficient (Wildman–Crippen LogP) is 1.72. The Bertz CT molecular complexity index is 651. The Balaban J connectivity index is 2.34. The van der Waals surface area contributed by atoms with Crippen molar-refractivity contribution in [3.05, 3.63) is 34.8 Å². The number of anilines is 1.